The number of hydrogen-bond donors (Lipinski definition) is 1. The number of rotatable bonds is 5. The third kappa shape index (κ3) is 4.78. The average molecular weight is 432 g/mol. The molecule has 4 rings (SSSR count). The molecule has 4 nitrogen and oxygen atoms in total. The van der Waals surface area contributed by atoms with Gasteiger partial charge < -0.3 is 9.88 Å². The third-order valence-electron chi connectivity index (χ3n) is 5.42. The van der Waals surface area contributed by atoms with Gasteiger partial charge in [0.05, 0.1) is 5.69 Å². The number of amides is 1. The van der Waals surface area contributed by atoms with Crippen LogP contribution in [0.5, 0.6) is 0 Å². The highest BCUT2D eigenvalue weighted by atomic mass is 16.1. The lowest BCUT2D eigenvalue weighted by atomic mass is 10.0. The summed E-state index contributed by atoms with van der Waals surface area (Å²) in [5, 5.41) is 12.7. The van der Waals surface area contributed by atoms with E-state index < -0.39 is 5.91 Å². The second-order valence-electron chi connectivity index (χ2n) is 8.13. The lowest BCUT2D eigenvalue weighted by molar-refractivity contribution is -0.112. The van der Waals surface area contributed by atoms with Gasteiger partial charge in [0.15, 0.2) is 0 Å². The van der Waals surface area contributed by atoms with E-state index in [0.29, 0.717) is 5.69 Å². The van der Waals surface area contributed by atoms with Gasteiger partial charge in [-0.3, -0.25) is 4.79 Å². The topological polar surface area (TPSA) is 57.8 Å². The highest BCUT2D eigenvalue weighted by molar-refractivity contribution is 6.10. The van der Waals surface area contributed by atoms with E-state index >= 15 is 0 Å². The Morgan fingerprint density at radius 3 is 2.09 bits per heavy atom. The molecule has 0 saturated carbocycles. The number of aryl methyl sites for hydroxylation is 3. The second-order valence-corrected chi connectivity index (χ2v) is 8.13. The van der Waals surface area contributed by atoms with Gasteiger partial charge in [-0.2, -0.15) is 5.26 Å². The van der Waals surface area contributed by atoms with Gasteiger partial charge in [0.2, 0.25) is 0 Å². The summed E-state index contributed by atoms with van der Waals surface area (Å²) >= 11 is 0. The molecule has 0 unspecified atom stereocenters. The van der Waals surface area contributed by atoms with Gasteiger partial charge >= 0.3 is 0 Å². The molecular formula is C29H25N3O. The number of carbonyl (C=O) groups excluding carboxylic acids is 1. The zero-order chi connectivity index (χ0) is 23.4. The Morgan fingerprint density at radius 1 is 0.879 bits per heavy atom. The Hall–Kier alpha value is -4.36. The molecule has 0 aliphatic heterocycles. The molecule has 162 valence electrons. The average Bonchev–Trinajstić information content (AvgIpc) is 3.13. The number of aromatic nitrogens is 1. The number of anilines is 1. The molecule has 0 atom stereocenters. The molecule has 0 spiro atoms. The minimum atomic E-state index is -0.424. The maximum atomic E-state index is 13.0. The highest BCUT2D eigenvalue weighted by Gasteiger charge is 2.17. The van der Waals surface area contributed by atoms with Crippen molar-refractivity contribution in [3.63, 3.8) is 0 Å². The summed E-state index contributed by atoms with van der Waals surface area (Å²) in [6, 6.07) is 30.0. The summed E-state index contributed by atoms with van der Waals surface area (Å²) in [7, 11) is 0. The monoisotopic (exact) mass is 431 g/mol. The van der Waals surface area contributed by atoms with Crippen LogP contribution < -0.4 is 5.32 Å². The molecule has 3 aromatic carbocycles. The summed E-state index contributed by atoms with van der Waals surface area (Å²) in [6.07, 6.45) is 1.67. The molecule has 0 aliphatic carbocycles. The number of benzene rings is 3. The third-order valence-corrected chi connectivity index (χ3v) is 5.42. The van der Waals surface area contributed by atoms with Crippen LogP contribution in [0.4, 0.5) is 5.69 Å². The molecule has 0 saturated heterocycles. The maximum absolute atomic E-state index is 13.0. The van der Waals surface area contributed by atoms with Gasteiger partial charge in [0, 0.05) is 22.6 Å². The molecule has 4 aromatic rings. The van der Waals surface area contributed by atoms with Crippen LogP contribution in [-0.4, -0.2) is 10.5 Å². The number of para-hydroxylation sites is 1. The minimum absolute atomic E-state index is 0.0524. The van der Waals surface area contributed by atoms with Gasteiger partial charge in [-0.1, -0.05) is 54.6 Å². The molecule has 33 heavy (non-hydrogen) atoms. The Balaban J connectivity index is 1.80. The first-order valence-electron chi connectivity index (χ1n) is 10.8. The molecule has 1 N–H and O–H groups in total. The molecule has 1 amide bonds. The van der Waals surface area contributed by atoms with Crippen LogP contribution in [0.15, 0.2) is 90.5 Å². The van der Waals surface area contributed by atoms with Crippen molar-refractivity contribution in [2.24, 2.45) is 0 Å². The summed E-state index contributed by atoms with van der Waals surface area (Å²) in [5.41, 5.74) is 7.62. The van der Waals surface area contributed by atoms with Gasteiger partial charge in [0.25, 0.3) is 5.91 Å². The first-order valence-corrected chi connectivity index (χ1v) is 10.8. The highest BCUT2D eigenvalue weighted by Crippen LogP contribution is 2.32. The van der Waals surface area contributed by atoms with E-state index in [1.54, 1.807) is 6.08 Å². The lowest BCUT2D eigenvalue weighted by Crippen LogP contribution is -2.13. The van der Waals surface area contributed by atoms with Crippen molar-refractivity contribution in [3.05, 3.63) is 113 Å². The summed E-state index contributed by atoms with van der Waals surface area (Å²) < 4.78 is 2.15. The van der Waals surface area contributed by atoms with Gasteiger partial charge in [-0.25, -0.2) is 0 Å². The van der Waals surface area contributed by atoms with Crippen molar-refractivity contribution in [2.45, 2.75) is 20.8 Å². The van der Waals surface area contributed by atoms with E-state index in [-0.39, 0.29) is 5.57 Å². The summed E-state index contributed by atoms with van der Waals surface area (Å²) in [4.78, 5) is 13.0. The number of nitriles is 1. The lowest BCUT2D eigenvalue weighted by Gasteiger charge is -2.13. The van der Waals surface area contributed by atoms with Crippen molar-refractivity contribution in [2.75, 3.05) is 5.32 Å². The fourth-order valence-corrected chi connectivity index (χ4v) is 4.12. The van der Waals surface area contributed by atoms with Gasteiger partial charge in [-0.15, -0.1) is 0 Å². The summed E-state index contributed by atoms with van der Waals surface area (Å²) in [6.45, 7) is 5.98. The number of hydrogen-bond acceptors (Lipinski definition) is 2. The quantitative estimate of drug-likeness (QED) is 0.285. The maximum Gasteiger partial charge on any atom is 0.266 e. The van der Waals surface area contributed by atoms with Crippen LogP contribution in [0.3, 0.4) is 0 Å². The van der Waals surface area contributed by atoms with E-state index in [1.165, 1.54) is 0 Å². The Bertz CT molecular complexity index is 1350. The summed E-state index contributed by atoms with van der Waals surface area (Å²) in [5.74, 6) is -0.424. The number of nitrogens with one attached hydrogen (secondary N) is 1. The molecule has 0 fully saturated rings. The van der Waals surface area contributed by atoms with E-state index in [4.69, 9.17) is 0 Å². The van der Waals surface area contributed by atoms with Crippen LogP contribution in [0, 0.1) is 32.1 Å². The normalized spacial score (nSPS) is 11.2. The predicted octanol–water partition coefficient (Wildman–Crippen LogP) is 6.62. The van der Waals surface area contributed by atoms with E-state index in [2.05, 4.69) is 16.0 Å². The zero-order valence-corrected chi connectivity index (χ0v) is 19.0. The predicted molar refractivity (Wildman–Crippen MR) is 134 cm³/mol. The van der Waals surface area contributed by atoms with E-state index in [0.717, 1.165) is 39.3 Å². The van der Waals surface area contributed by atoms with Gasteiger partial charge in [0.1, 0.15) is 11.6 Å². The Labute approximate surface area is 194 Å². The van der Waals surface area contributed by atoms with Crippen LogP contribution in [0.2, 0.25) is 0 Å². The molecule has 1 aromatic heterocycles. The van der Waals surface area contributed by atoms with Crippen molar-refractivity contribution < 1.29 is 4.79 Å². The van der Waals surface area contributed by atoms with Crippen LogP contribution >= 0.6 is 0 Å². The molecule has 4 heteroatoms. The van der Waals surface area contributed by atoms with Crippen molar-refractivity contribution >= 4 is 17.7 Å². The Morgan fingerprint density at radius 2 is 1.48 bits per heavy atom. The molecule has 1 heterocycles. The first kappa shape index (κ1) is 21.9. The van der Waals surface area contributed by atoms with Crippen LogP contribution in [0.25, 0.3) is 23.0 Å². The SMILES string of the molecule is Cc1cc(C)cc(NC(=O)/C(C#N)=C\c2cc(C)n(-c3ccccc3)c2-c2ccccc2)c1. The number of carbonyl (C=O) groups is 1. The zero-order valence-electron chi connectivity index (χ0n) is 19.0. The van der Waals surface area contributed by atoms with Crippen molar-refractivity contribution in [3.8, 4) is 23.0 Å². The second kappa shape index (κ2) is 9.42. The fraction of sp³-hybridized carbons (Fsp3) is 0.103. The molecular weight excluding hydrogens is 406 g/mol. The van der Waals surface area contributed by atoms with Gasteiger partial charge in [-0.05, 0) is 73.9 Å². The minimum Gasteiger partial charge on any atom is -0.321 e. The smallest absolute Gasteiger partial charge is 0.266 e. The van der Waals surface area contributed by atoms with E-state index in [9.17, 15) is 10.1 Å². The van der Waals surface area contributed by atoms with Crippen LogP contribution in [0.1, 0.15) is 22.4 Å². The van der Waals surface area contributed by atoms with E-state index in [1.807, 2.05) is 106 Å². The fourth-order valence-electron chi connectivity index (χ4n) is 4.12. The van der Waals surface area contributed by atoms with Crippen molar-refractivity contribution in [1.82, 2.24) is 4.57 Å². The largest absolute Gasteiger partial charge is 0.321 e. The van der Waals surface area contributed by atoms with Crippen LogP contribution in [-0.2, 0) is 4.79 Å². The molecule has 0 aliphatic rings. The molecule has 0 radical (unpaired) electrons. The Kier molecular flexibility index (Phi) is 6.24. The first-order chi connectivity index (χ1) is 16.0. The number of nitrogens with zero attached hydrogens (tertiary/aromatic N) is 2. The van der Waals surface area contributed by atoms with Crippen molar-refractivity contribution in [1.29, 1.82) is 5.26 Å². The standard InChI is InChI=1S/C29H25N3O/c1-20-14-21(2)16-26(15-20)31-29(33)25(19-30)18-24-17-22(3)32(27-12-8-5-9-13-27)28(24)23-10-6-4-7-11-23/h4-18H,1-3H3,(H,31,33)/b25-18-. The molecule has 0 bridgehead atoms.